The molecule has 0 amide bonds. The van der Waals surface area contributed by atoms with Crippen molar-refractivity contribution in [2.24, 2.45) is 11.8 Å². The zero-order chi connectivity index (χ0) is 10.0. The topological polar surface area (TPSA) is 40.5 Å². The molecule has 76 valence electrons. The van der Waals surface area contributed by atoms with Crippen LogP contribution in [0.3, 0.4) is 0 Å². The van der Waals surface area contributed by atoms with E-state index in [0.717, 1.165) is 19.4 Å². The lowest BCUT2D eigenvalue weighted by Crippen LogP contribution is -2.34. The molecule has 1 N–H and O–H groups in total. The average Bonchev–Trinajstić information content (AvgIpc) is 2.32. The van der Waals surface area contributed by atoms with Crippen molar-refractivity contribution < 1.29 is 9.90 Å². The number of nitrogens with zero attached hydrogens (tertiary/aromatic N) is 1. The molecule has 1 fully saturated rings. The van der Waals surface area contributed by atoms with Crippen molar-refractivity contribution in [2.45, 2.75) is 32.7 Å². The first kappa shape index (κ1) is 10.5. The van der Waals surface area contributed by atoms with Gasteiger partial charge in [0.05, 0.1) is 5.92 Å². The molecule has 0 radical (unpaired) electrons. The van der Waals surface area contributed by atoms with Gasteiger partial charge in [0.2, 0.25) is 0 Å². The normalized spacial score (nSPS) is 29.8. The monoisotopic (exact) mass is 185 g/mol. The van der Waals surface area contributed by atoms with Crippen molar-refractivity contribution >= 4 is 5.97 Å². The minimum atomic E-state index is -0.630. The fourth-order valence-corrected chi connectivity index (χ4v) is 2.12. The van der Waals surface area contributed by atoms with Gasteiger partial charge in [0.1, 0.15) is 0 Å². The zero-order valence-corrected chi connectivity index (χ0v) is 8.66. The molecule has 0 aromatic carbocycles. The van der Waals surface area contributed by atoms with Crippen LogP contribution < -0.4 is 0 Å². The van der Waals surface area contributed by atoms with Crippen LogP contribution in [0.25, 0.3) is 0 Å². The van der Waals surface area contributed by atoms with E-state index in [4.69, 9.17) is 5.11 Å². The lowest BCUT2D eigenvalue weighted by atomic mass is 9.93. The van der Waals surface area contributed by atoms with Gasteiger partial charge >= 0.3 is 5.97 Å². The summed E-state index contributed by atoms with van der Waals surface area (Å²) in [5, 5.41) is 8.99. The lowest BCUT2D eigenvalue weighted by molar-refractivity contribution is -0.142. The summed E-state index contributed by atoms with van der Waals surface area (Å²) < 4.78 is 0. The van der Waals surface area contributed by atoms with Crippen molar-refractivity contribution in [3.8, 4) is 0 Å². The van der Waals surface area contributed by atoms with E-state index in [-0.39, 0.29) is 12.0 Å². The number of hydrogen-bond acceptors (Lipinski definition) is 2. The highest BCUT2D eigenvalue weighted by molar-refractivity contribution is 5.71. The lowest BCUT2D eigenvalue weighted by Gasteiger charge is -2.24. The molecule has 1 aliphatic heterocycles. The van der Waals surface area contributed by atoms with Crippen LogP contribution >= 0.6 is 0 Å². The number of carboxylic acid groups (broad SMARTS) is 1. The molecule has 1 aliphatic rings. The first-order valence-electron chi connectivity index (χ1n) is 4.95. The molecule has 2 atom stereocenters. The van der Waals surface area contributed by atoms with E-state index in [9.17, 15) is 4.79 Å². The third-order valence-electron chi connectivity index (χ3n) is 2.85. The molecule has 1 rings (SSSR count). The average molecular weight is 185 g/mol. The van der Waals surface area contributed by atoms with E-state index < -0.39 is 5.97 Å². The Bertz CT molecular complexity index is 191. The summed E-state index contributed by atoms with van der Waals surface area (Å²) in [6.07, 6.45) is 1.80. The molecule has 13 heavy (non-hydrogen) atoms. The summed E-state index contributed by atoms with van der Waals surface area (Å²) >= 11 is 0. The van der Waals surface area contributed by atoms with E-state index in [1.807, 2.05) is 7.05 Å². The third-order valence-corrected chi connectivity index (χ3v) is 2.85. The summed E-state index contributed by atoms with van der Waals surface area (Å²) in [5.41, 5.74) is 0. The van der Waals surface area contributed by atoms with Gasteiger partial charge in [-0.25, -0.2) is 0 Å². The van der Waals surface area contributed by atoms with Crippen molar-refractivity contribution in [1.82, 2.24) is 4.90 Å². The Morgan fingerprint density at radius 3 is 2.69 bits per heavy atom. The quantitative estimate of drug-likeness (QED) is 0.723. The highest BCUT2D eigenvalue weighted by atomic mass is 16.4. The Hall–Kier alpha value is -0.570. The number of likely N-dealkylation sites (tertiary alicyclic amines) is 1. The van der Waals surface area contributed by atoms with E-state index >= 15 is 0 Å². The Morgan fingerprint density at radius 2 is 2.23 bits per heavy atom. The second-order valence-electron chi connectivity index (χ2n) is 4.41. The Labute approximate surface area is 79.7 Å². The summed E-state index contributed by atoms with van der Waals surface area (Å²) in [4.78, 5) is 13.1. The Balaban J connectivity index is 2.60. The molecular weight excluding hydrogens is 166 g/mol. The largest absolute Gasteiger partial charge is 0.481 e. The van der Waals surface area contributed by atoms with Crippen LogP contribution in [0.15, 0.2) is 0 Å². The molecule has 3 heteroatoms. The molecule has 0 saturated carbocycles. The van der Waals surface area contributed by atoms with E-state index in [0.29, 0.717) is 5.92 Å². The molecule has 0 aromatic heterocycles. The first-order valence-corrected chi connectivity index (χ1v) is 4.95. The van der Waals surface area contributed by atoms with Crippen LogP contribution in [-0.2, 0) is 4.79 Å². The second-order valence-corrected chi connectivity index (χ2v) is 4.41. The number of aliphatic carboxylic acids is 1. The van der Waals surface area contributed by atoms with Crippen LogP contribution in [-0.4, -0.2) is 35.6 Å². The van der Waals surface area contributed by atoms with Crippen LogP contribution in [0.4, 0.5) is 0 Å². The summed E-state index contributed by atoms with van der Waals surface area (Å²) in [6.45, 7) is 5.21. The molecule has 1 saturated heterocycles. The highest BCUT2D eigenvalue weighted by Gasteiger charge is 2.36. The standard InChI is InChI=1S/C10H19NO2/c1-7(2)6-9-8(10(12)13)4-5-11(9)3/h7-9H,4-6H2,1-3H3,(H,12,13). The maximum absolute atomic E-state index is 10.9. The number of carbonyl (C=O) groups is 1. The first-order chi connectivity index (χ1) is 6.02. The molecule has 1 heterocycles. The molecule has 0 aliphatic carbocycles. The van der Waals surface area contributed by atoms with Gasteiger partial charge in [-0.05, 0) is 32.4 Å². The van der Waals surface area contributed by atoms with Crippen LogP contribution in [0.5, 0.6) is 0 Å². The molecule has 0 bridgehead atoms. The minimum absolute atomic E-state index is 0.146. The molecule has 0 spiro atoms. The maximum Gasteiger partial charge on any atom is 0.308 e. The molecule has 0 aromatic rings. The Morgan fingerprint density at radius 1 is 1.62 bits per heavy atom. The van der Waals surface area contributed by atoms with Gasteiger partial charge in [-0.15, -0.1) is 0 Å². The highest BCUT2D eigenvalue weighted by Crippen LogP contribution is 2.27. The SMILES string of the molecule is CC(C)CC1C(C(=O)O)CCN1C. The smallest absolute Gasteiger partial charge is 0.308 e. The van der Waals surface area contributed by atoms with Crippen LogP contribution in [0.2, 0.25) is 0 Å². The van der Waals surface area contributed by atoms with Crippen LogP contribution in [0, 0.1) is 11.8 Å². The molecule has 3 nitrogen and oxygen atoms in total. The molecular formula is C10H19NO2. The van der Waals surface area contributed by atoms with Crippen LogP contribution in [0.1, 0.15) is 26.7 Å². The summed E-state index contributed by atoms with van der Waals surface area (Å²) in [5.74, 6) is -0.199. The fourth-order valence-electron chi connectivity index (χ4n) is 2.12. The van der Waals surface area contributed by atoms with Gasteiger partial charge in [0.15, 0.2) is 0 Å². The van der Waals surface area contributed by atoms with Gasteiger partial charge in [-0.1, -0.05) is 13.8 Å². The number of hydrogen-bond donors (Lipinski definition) is 1. The van der Waals surface area contributed by atoms with Gasteiger partial charge in [0, 0.05) is 6.04 Å². The Kier molecular flexibility index (Phi) is 3.31. The predicted molar refractivity (Wildman–Crippen MR) is 51.6 cm³/mol. The van der Waals surface area contributed by atoms with Gasteiger partial charge < -0.3 is 10.0 Å². The van der Waals surface area contributed by atoms with Crippen molar-refractivity contribution in [3.05, 3.63) is 0 Å². The minimum Gasteiger partial charge on any atom is -0.481 e. The van der Waals surface area contributed by atoms with Crippen molar-refractivity contribution in [3.63, 3.8) is 0 Å². The maximum atomic E-state index is 10.9. The number of carboxylic acids is 1. The van der Waals surface area contributed by atoms with Gasteiger partial charge in [0.25, 0.3) is 0 Å². The van der Waals surface area contributed by atoms with Crippen molar-refractivity contribution in [2.75, 3.05) is 13.6 Å². The zero-order valence-electron chi connectivity index (χ0n) is 8.66. The fraction of sp³-hybridized carbons (Fsp3) is 0.900. The summed E-state index contributed by atoms with van der Waals surface area (Å²) in [6, 6.07) is 0.248. The van der Waals surface area contributed by atoms with E-state index in [1.165, 1.54) is 0 Å². The van der Waals surface area contributed by atoms with Gasteiger partial charge in [-0.2, -0.15) is 0 Å². The predicted octanol–water partition coefficient (Wildman–Crippen LogP) is 1.44. The molecule has 2 unspecified atom stereocenters. The second kappa shape index (κ2) is 4.09. The van der Waals surface area contributed by atoms with Crippen molar-refractivity contribution in [1.29, 1.82) is 0 Å². The van der Waals surface area contributed by atoms with E-state index in [2.05, 4.69) is 18.7 Å². The van der Waals surface area contributed by atoms with E-state index in [1.54, 1.807) is 0 Å². The summed E-state index contributed by atoms with van der Waals surface area (Å²) in [7, 11) is 2.02. The third kappa shape index (κ3) is 2.44. The van der Waals surface area contributed by atoms with Gasteiger partial charge in [-0.3, -0.25) is 4.79 Å². The number of rotatable bonds is 3.